The highest BCUT2D eigenvalue weighted by molar-refractivity contribution is 5.86. The van der Waals surface area contributed by atoms with E-state index in [9.17, 15) is 4.79 Å². The number of hydrogen-bond acceptors (Lipinski definition) is 6. The van der Waals surface area contributed by atoms with Crippen molar-refractivity contribution in [3.8, 4) is 0 Å². The standard InChI is InChI=1S/C23H34N6O/c1-23(2,3)28-21(30)16-29(4)20-13-9-12-19(22(20)25)27-15-8-7-14-26-18-11-6-5-10-17(18)24/h5-13,26-27H,14-16,24-25H2,1-4H3,(H,28,30)/b8-7+. The highest BCUT2D eigenvalue weighted by atomic mass is 16.2. The maximum Gasteiger partial charge on any atom is 0.239 e. The van der Waals surface area contributed by atoms with E-state index in [1.165, 1.54) is 0 Å². The van der Waals surface area contributed by atoms with Crippen molar-refractivity contribution in [3.05, 3.63) is 54.6 Å². The van der Waals surface area contributed by atoms with E-state index in [-0.39, 0.29) is 18.0 Å². The Morgan fingerprint density at radius 3 is 2.20 bits per heavy atom. The minimum atomic E-state index is -0.264. The normalized spacial score (nSPS) is 11.3. The van der Waals surface area contributed by atoms with Gasteiger partial charge in [0.25, 0.3) is 0 Å². The number of benzene rings is 2. The number of hydrogen-bond donors (Lipinski definition) is 5. The molecule has 0 aromatic heterocycles. The van der Waals surface area contributed by atoms with Crippen LogP contribution in [0.5, 0.6) is 0 Å². The number of nitrogen functional groups attached to an aromatic ring is 2. The number of carbonyl (C=O) groups excluding carboxylic acids is 1. The third kappa shape index (κ3) is 7.24. The van der Waals surface area contributed by atoms with Crippen LogP contribution in [0.2, 0.25) is 0 Å². The number of nitrogens with one attached hydrogen (secondary N) is 3. The van der Waals surface area contributed by atoms with Gasteiger partial charge >= 0.3 is 0 Å². The number of anilines is 5. The Bertz CT molecular complexity index is 872. The molecule has 2 rings (SSSR count). The lowest BCUT2D eigenvalue weighted by molar-refractivity contribution is -0.121. The Kier molecular flexibility index (Phi) is 7.98. The van der Waals surface area contributed by atoms with Crippen LogP contribution in [0.1, 0.15) is 20.8 Å². The summed E-state index contributed by atoms with van der Waals surface area (Å²) in [5, 5.41) is 9.55. The number of nitrogens with zero attached hydrogens (tertiary/aromatic N) is 1. The second-order valence-electron chi connectivity index (χ2n) is 8.21. The van der Waals surface area contributed by atoms with Crippen LogP contribution in [0.4, 0.5) is 28.4 Å². The summed E-state index contributed by atoms with van der Waals surface area (Å²) in [5.41, 5.74) is 15.9. The van der Waals surface area contributed by atoms with Gasteiger partial charge in [0.05, 0.1) is 35.0 Å². The summed E-state index contributed by atoms with van der Waals surface area (Å²) in [6.07, 6.45) is 4.06. The minimum absolute atomic E-state index is 0.0442. The van der Waals surface area contributed by atoms with Crippen LogP contribution in [0, 0.1) is 0 Å². The van der Waals surface area contributed by atoms with E-state index in [0.29, 0.717) is 18.8 Å². The summed E-state index contributed by atoms with van der Waals surface area (Å²) in [7, 11) is 1.86. The van der Waals surface area contributed by atoms with Gasteiger partial charge in [0.2, 0.25) is 5.91 Å². The van der Waals surface area contributed by atoms with E-state index in [2.05, 4.69) is 16.0 Å². The Balaban J connectivity index is 1.87. The molecule has 162 valence electrons. The topological polar surface area (TPSA) is 108 Å². The molecule has 0 aliphatic heterocycles. The first-order chi connectivity index (χ1) is 14.2. The Hall–Kier alpha value is -3.35. The SMILES string of the molecule is CN(CC(=O)NC(C)(C)C)c1cccc(NC/C=C/CNc2ccccc2N)c1N. The molecule has 0 bridgehead atoms. The number of para-hydroxylation sites is 3. The summed E-state index contributed by atoms with van der Waals surface area (Å²) < 4.78 is 0. The first kappa shape index (κ1) is 22.9. The van der Waals surface area contributed by atoms with Crippen LogP contribution in [-0.2, 0) is 4.79 Å². The molecule has 2 aromatic carbocycles. The van der Waals surface area contributed by atoms with Crippen LogP contribution in [-0.4, -0.2) is 38.1 Å². The Labute approximate surface area is 179 Å². The van der Waals surface area contributed by atoms with E-state index >= 15 is 0 Å². The minimum Gasteiger partial charge on any atom is -0.397 e. The molecule has 0 radical (unpaired) electrons. The van der Waals surface area contributed by atoms with Gasteiger partial charge in [-0.15, -0.1) is 0 Å². The highest BCUT2D eigenvalue weighted by Crippen LogP contribution is 2.29. The fourth-order valence-electron chi connectivity index (χ4n) is 2.96. The van der Waals surface area contributed by atoms with E-state index in [0.717, 1.165) is 22.7 Å². The second-order valence-corrected chi connectivity index (χ2v) is 8.21. The Morgan fingerprint density at radius 2 is 1.57 bits per heavy atom. The van der Waals surface area contributed by atoms with Crippen molar-refractivity contribution in [3.63, 3.8) is 0 Å². The summed E-state index contributed by atoms with van der Waals surface area (Å²) in [6.45, 7) is 7.43. The molecule has 30 heavy (non-hydrogen) atoms. The third-order valence-electron chi connectivity index (χ3n) is 4.34. The number of likely N-dealkylation sites (N-methyl/N-ethyl adjacent to an activating group) is 1. The van der Waals surface area contributed by atoms with Gasteiger partial charge in [0.15, 0.2) is 0 Å². The van der Waals surface area contributed by atoms with Gasteiger partial charge in [-0.25, -0.2) is 0 Å². The molecule has 0 atom stereocenters. The molecule has 0 saturated carbocycles. The molecular formula is C23H34N6O. The van der Waals surface area contributed by atoms with Crippen molar-refractivity contribution in [2.75, 3.05) is 53.7 Å². The first-order valence-corrected chi connectivity index (χ1v) is 10.1. The van der Waals surface area contributed by atoms with E-state index in [1.54, 1.807) is 0 Å². The van der Waals surface area contributed by atoms with Gasteiger partial charge in [-0.3, -0.25) is 4.79 Å². The van der Waals surface area contributed by atoms with Crippen molar-refractivity contribution in [1.82, 2.24) is 5.32 Å². The molecule has 7 N–H and O–H groups in total. The maximum atomic E-state index is 12.2. The average molecular weight is 411 g/mol. The molecule has 0 aliphatic carbocycles. The molecule has 0 saturated heterocycles. The average Bonchev–Trinajstić information content (AvgIpc) is 2.65. The molecule has 2 aromatic rings. The van der Waals surface area contributed by atoms with Gasteiger partial charge in [0, 0.05) is 25.7 Å². The molecule has 0 unspecified atom stereocenters. The van der Waals surface area contributed by atoms with Gasteiger partial charge in [-0.05, 0) is 45.0 Å². The third-order valence-corrected chi connectivity index (χ3v) is 4.34. The zero-order valence-corrected chi connectivity index (χ0v) is 18.3. The maximum absolute atomic E-state index is 12.2. The Morgan fingerprint density at radius 1 is 0.967 bits per heavy atom. The van der Waals surface area contributed by atoms with Crippen LogP contribution in [0.25, 0.3) is 0 Å². The van der Waals surface area contributed by atoms with E-state index < -0.39 is 0 Å². The highest BCUT2D eigenvalue weighted by Gasteiger charge is 2.17. The summed E-state index contributed by atoms with van der Waals surface area (Å²) in [5.74, 6) is -0.0442. The van der Waals surface area contributed by atoms with Crippen LogP contribution < -0.4 is 32.3 Å². The lowest BCUT2D eigenvalue weighted by atomic mass is 10.1. The summed E-state index contributed by atoms with van der Waals surface area (Å²) in [4.78, 5) is 14.1. The first-order valence-electron chi connectivity index (χ1n) is 10.1. The molecule has 1 amide bonds. The summed E-state index contributed by atoms with van der Waals surface area (Å²) in [6, 6.07) is 13.4. The monoisotopic (exact) mass is 410 g/mol. The zero-order chi connectivity index (χ0) is 22.1. The largest absolute Gasteiger partial charge is 0.397 e. The number of nitrogens with two attached hydrogens (primary N) is 2. The molecule has 7 heteroatoms. The lowest BCUT2D eigenvalue weighted by Gasteiger charge is -2.25. The molecule has 0 aliphatic rings. The predicted molar refractivity (Wildman–Crippen MR) is 129 cm³/mol. The predicted octanol–water partition coefficient (Wildman–Crippen LogP) is 3.28. The van der Waals surface area contributed by atoms with E-state index in [4.69, 9.17) is 11.5 Å². The van der Waals surface area contributed by atoms with Gasteiger partial charge < -0.3 is 32.3 Å². The molecule has 7 nitrogen and oxygen atoms in total. The number of rotatable bonds is 9. The fraction of sp³-hybridized carbons (Fsp3) is 0.348. The second kappa shape index (κ2) is 10.4. The quantitative estimate of drug-likeness (QED) is 0.321. The zero-order valence-electron chi connectivity index (χ0n) is 18.3. The van der Waals surface area contributed by atoms with Gasteiger partial charge in [-0.2, -0.15) is 0 Å². The molecule has 0 fully saturated rings. The van der Waals surface area contributed by atoms with Crippen molar-refractivity contribution in [2.24, 2.45) is 0 Å². The molecule has 0 heterocycles. The smallest absolute Gasteiger partial charge is 0.239 e. The van der Waals surface area contributed by atoms with Crippen LogP contribution in [0.3, 0.4) is 0 Å². The van der Waals surface area contributed by atoms with Gasteiger partial charge in [-0.1, -0.05) is 30.4 Å². The van der Waals surface area contributed by atoms with Crippen molar-refractivity contribution >= 4 is 34.3 Å². The van der Waals surface area contributed by atoms with Crippen LogP contribution >= 0.6 is 0 Å². The number of amides is 1. The van der Waals surface area contributed by atoms with Gasteiger partial charge in [0.1, 0.15) is 0 Å². The molecular weight excluding hydrogens is 376 g/mol. The van der Waals surface area contributed by atoms with Crippen molar-refractivity contribution in [1.29, 1.82) is 0 Å². The summed E-state index contributed by atoms with van der Waals surface area (Å²) >= 11 is 0. The lowest BCUT2D eigenvalue weighted by Crippen LogP contribution is -2.45. The fourth-order valence-corrected chi connectivity index (χ4v) is 2.96. The van der Waals surface area contributed by atoms with Crippen molar-refractivity contribution in [2.45, 2.75) is 26.3 Å². The van der Waals surface area contributed by atoms with Crippen LogP contribution in [0.15, 0.2) is 54.6 Å². The van der Waals surface area contributed by atoms with E-state index in [1.807, 2.05) is 87.3 Å². The molecule has 0 spiro atoms. The van der Waals surface area contributed by atoms with Crippen molar-refractivity contribution < 1.29 is 4.79 Å². The number of carbonyl (C=O) groups is 1.